The number of esters is 2. The quantitative estimate of drug-likeness (QED) is 0.260. The summed E-state index contributed by atoms with van der Waals surface area (Å²) in [7, 11) is 0. The fourth-order valence-electron chi connectivity index (χ4n) is 8.23. The highest BCUT2D eigenvalue weighted by Crippen LogP contribution is 2.64. The highest BCUT2D eigenvalue weighted by molar-refractivity contribution is 5.95. The van der Waals surface area contributed by atoms with Gasteiger partial charge in [0.25, 0.3) is 0 Å². The molecule has 1 aromatic rings. The van der Waals surface area contributed by atoms with Gasteiger partial charge in [-0.1, -0.05) is 44.2 Å². The molecule has 242 valence electrons. The van der Waals surface area contributed by atoms with E-state index < -0.39 is 88.7 Å². The fourth-order valence-corrected chi connectivity index (χ4v) is 8.23. The standard InChI is InChI=1S/C33H44O11/c1-17(34)12-24(38)43-26-25-18(2)21(36)14-33(40,30(25,4)5)29(41-15-20-10-8-7-9-11-20)27-31(6,28(26)39)22(37)13-23-32(27,16-42-23)44-19(3)35/h7-11,17,21-23,26-27,29,34,36-37,40H,12-16H2,1-6H3. The Labute approximate surface area is 257 Å². The zero-order valence-electron chi connectivity index (χ0n) is 26.1. The number of aliphatic hydroxyl groups is 4. The van der Waals surface area contributed by atoms with Gasteiger partial charge < -0.3 is 39.4 Å². The Hall–Kier alpha value is -2.67. The molecule has 5 rings (SSSR count). The second-order valence-electron chi connectivity index (χ2n) is 13.7. The molecule has 4 aliphatic rings. The molecular weight excluding hydrogens is 572 g/mol. The van der Waals surface area contributed by atoms with Crippen molar-refractivity contribution < 1.29 is 53.8 Å². The zero-order chi connectivity index (χ0) is 32.4. The fraction of sp³-hybridized carbons (Fsp3) is 0.667. The molecule has 1 aliphatic heterocycles. The average molecular weight is 617 g/mol. The molecule has 11 heteroatoms. The third-order valence-electron chi connectivity index (χ3n) is 10.7. The van der Waals surface area contributed by atoms with E-state index in [1.165, 1.54) is 20.8 Å². The summed E-state index contributed by atoms with van der Waals surface area (Å²) in [5.41, 5.74) is -5.20. The molecule has 4 N–H and O–H groups in total. The lowest BCUT2D eigenvalue weighted by molar-refractivity contribution is -0.351. The Kier molecular flexibility index (Phi) is 8.40. The van der Waals surface area contributed by atoms with Gasteiger partial charge in [0.05, 0.1) is 49.5 Å². The van der Waals surface area contributed by atoms with Crippen LogP contribution in [-0.4, -0.2) is 92.6 Å². The van der Waals surface area contributed by atoms with E-state index in [4.69, 9.17) is 18.9 Å². The van der Waals surface area contributed by atoms with Crippen LogP contribution in [-0.2, 0) is 39.9 Å². The summed E-state index contributed by atoms with van der Waals surface area (Å²) in [6.07, 6.45) is -8.04. The van der Waals surface area contributed by atoms with Crippen molar-refractivity contribution in [2.75, 3.05) is 6.61 Å². The maximum Gasteiger partial charge on any atom is 0.309 e. The van der Waals surface area contributed by atoms with Crippen LogP contribution in [0.5, 0.6) is 0 Å². The van der Waals surface area contributed by atoms with Crippen LogP contribution < -0.4 is 0 Å². The van der Waals surface area contributed by atoms with Gasteiger partial charge in [0, 0.05) is 31.1 Å². The first kappa shape index (κ1) is 32.7. The number of aliphatic hydroxyl groups excluding tert-OH is 3. The van der Waals surface area contributed by atoms with Gasteiger partial charge in [-0.25, -0.2) is 0 Å². The van der Waals surface area contributed by atoms with Gasteiger partial charge in [-0.15, -0.1) is 0 Å². The summed E-state index contributed by atoms with van der Waals surface area (Å²) >= 11 is 0. The monoisotopic (exact) mass is 616 g/mol. The SMILES string of the molecule is CC(=O)OC12COC1CC(O)C1(C)C(=O)C(OC(=O)CC(C)O)C3=C(C)C(O)CC(O)(C(OCc4ccccc4)C21)C3(C)C. The van der Waals surface area contributed by atoms with Gasteiger partial charge in [-0.2, -0.15) is 0 Å². The van der Waals surface area contributed by atoms with Gasteiger partial charge in [0.15, 0.2) is 17.5 Å². The smallest absolute Gasteiger partial charge is 0.309 e. The van der Waals surface area contributed by atoms with Gasteiger partial charge in [-0.3, -0.25) is 14.4 Å². The molecule has 1 saturated heterocycles. The van der Waals surface area contributed by atoms with Crippen LogP contribution in [0.3, 0.4) is 0 Å². The van der Waals surface area contributed by atoms with Crippen molar-refractivity contribution in [2.45, 2.75) is 115 Å². The molecule has 0 spiro atoms. The van der Waals surface area contributed by atoms with E-state index >= 15 is 4.79 Å². The molecule has 0 radical (unpaired) electrons. The van der Waals surface area contributed by atoms with Gasteiger partial charge in [0.1, 0.15) is 11.7 Å². The number of ketones is 1. The van der Waals surface area contributed by atoms with Crippen LogP contribution in [0.2, 0.25) is 0 Å². The van der Waals surface area contributed by atoms with Crippen molar-refractivity contribution in [3.05, 3.63) is 47.0 Å². The summed E-state index contributed by atoms with van der Waals surface area (Å²) in [6, 6.07) is 9.22. The molecule has 44 heavy (non-hydrogen) atoms. The Bertz CT molecular complexity index is 1340. The number of carbonyl (C=O) groups is 3. The van der Waals surface area contributed by atoms with Gasteiger partial charge in [0.2, 0.25) is 0 Å². The topological polar surface area (TPSA) is 169 Å². The largest absolute Gasteiger partial charge is 0.454 e. The second kappa shape index (κ2) is 11.3. The van der Waals surface area contributed by atoms with Crippen LogP contribution in [0.15, 0.2) is 41.5 Å². The molecule has 2 bridgehead atoms. The second-order valence-corrected chi connectivity index (χ2v) is 13.7. The summed E-state index contributed by atoms with van der Waals surface area (Å²) < 4.78 is 24.3. The van der Waals surface area contributed by atoms with E-state index in [2.05, 4.69) is 0 Å². The minimum atomic E-state index is -1.93. The van der Waals surface area contributed by atoms with Crippen LogP contribution in [0.25, 0.3) is 0 Å². The van der Waals surface area contributed by atoms with Crippen molar-refractivity contribution in [3.8, 4) is 0 Å². The van der Waals surface area contributed by atoms with Crippen LogP contribution >= 0.6 is 0 Å². The summed E-state index contributed by atoms with van der Waals surface area (Å²) in [6.45, 7) is 9.10. The molecular formula is C33H44O11. The normalized spacial score (nSPS) is 40.0. The van der Waals surface area contributed by atoms with Gasteiger partial charge >= 0.3 is 11.9 Å². The van der Waals surface area contributed by atoms with Crippen molar-refractivity contribution >= 4 is 17.7 Å². The Balaban J connectivity index is 1.78. The zero-order valence-corrected chi connectivity index (χ0v) is 26.1. The highest BCUT2D eigenvalue weighted by Gasteiger charge is 2.77. The van der Waals surface area contributed by atoms with Crippen LogP contribution in [0.1, 0.15) is 66.4 Å². The van der Waals surface area contributed by atoms with E-state index in [1.807, 2.05) is 30.3 Å². The Morgan fingerprint density at radius 1 is 1.14 bits per heavy atom. The predicted octanol–water partition coefficient (Wildman–Crippen LogP) is 1.76. The molecule has 0 aromatic heterocycles. The average Bonchev–Trinajstić information content (AvgIpc) is 2.93. The summed E-state index contributed by atoms with van der Waals surface area (Å²) in [4.78, 5) is 40.7. The van der Waals surface area contributed by atoms with Crippen LogP contribution in [0, 0.1) is 16.7 Å². The van der Waals surface area contributed by atoms with E-state index in [1.54, 1.807) is 20.8 Å². The lowest BCUT2D eigenvalue weighted by Gasteiger charge is -2.67. The molecule has 3 aliphatic carbocycles. The first-order valence-corrected chi connectivity index (χ1v) is 15.2. The molecule has 3 fully saturated rings. The van der Waals surface area contributed by atoms with E-state index in [9.17, 15) is 30.0 Å². The lowest BCUT2D eigenvalue weighted by atomic mass is 9.44. The van der Waals surface area contributed by atoms with Crippen LogP contribution in [0.4, 0.5) is 0 Å². The number of benzene rings is 1. The van der Waals surface area contributed by atoms with E-state index in [0.29, 0.717) is 5.57 Å². The number of carbonyl (C=O) groups excluding carboxylic acids is 3. The number of hydrogen-bond acceptors (Lipinski definition) is 11. The van der Waals surface area contributed by atoms with E-state index in [-0.39, 0.29) is 31.6 Å². The van der Waals surface area contributed by atoms with Gasteiger partial charge in [-0.05, 0) is 37.5 Å². The molecule has 11 nitrogen and oxygen atoms in total. The first-order valence-electron chi connectivity index (χ1n) is 15.2. The Morgan fingerprint density at radius 2 is 1.80 bits per heavy atom. The lowest BCUT2D eigenvalue weighted by Crippen LogP contribution is -2.81. The number of Topliss-reactive ketones (excluding diaryl/α,β-unsaturated/α-hetero) is 1. The molecule has 10 unspecified atom stereocenters. The molecule has 1 heterocycles. The van der Waals surface area contributed by atoms with E-state index in [0.717, 1.165) is 5.56 Å². The minimum Gasteiger partial charge on any atom is -0.454 e. The van der Waals surface area contributed by atoms with Crippen molar-refractivity contribution in [3.63, 3.8) is 0 Å². The number of rotatable bonds is 7. The Morgan fingerprint density at radius 3 is 2.36 bits per heavy atom. The van der Waals surface area contributed by atoms with Crippen molar-refractivity contribution in [1.29, 1.82) is 0 Å². The molecule has 0 amide bonds. The van der Waals surface area contributed by atoms with Crippen molar-refractivity contribution in [1.82, 2.24) is 0 Å². The maximum absolute atomic E-state index is 15.0. The summed E-state index contributed by atoms with van der Waals surface area (Å²) in [5, 5.41) is 46.1. The third-order valence-corrected chi connectivity index (χ3v) is 10.7. The number of fused-ring (bicyclic) bond motifs is 5. The first-order chi connectivity index (χ1) is 20.5. The molecule has 1 aromatic carbocycles. The maximum atomic E-state index is 15.0. The minimum absolute atomic E-state index is 0.00334. The summed E-state index contributed by atoms with van der Waals surface area (Å²) in [5.74, 6) is -3.37. The third kappa shape index (κ3) is 4.83. The molecule has 10 atom stereocenters. The van der Waals surface area contributed by atoms with Crippen molar-refractivity contribution in [2.24, 2.45) is 16.7 Å². The molecule has 2 saturated carbocycles. The number of ether oxygens (including phenoxy) is 4. The number of hydrogen-bond donors (Lipinski definition) is 4. The predicted molar refractivity (Wildman–Crippen MR) is 155 cm³/mol. The highest BCUT2D eigenvalue weighted by atomic mass is 16.6.